The van der Waals surface area contributed by atoms with E-state index < -0.39 is 12.7 Å². The molecule has 0 saturated carbocycles. The van der Waals surface area contributed by atoms with Gasteiger partial charge in [-0.1, -0.05) is 13.8 Å². The summed E-state index contributed by atoms with van der Waals surface area (Å²) in [6.07, 6.45) is -3.67. The molecule has 0 rings (SSSR count). The minimum atomic E-state index is -4.18. The minimum absolute atomic E-state index is 0.0594. The lowest BCUT2D eigenvalue weighted by Gasteiger charge is -2.29. The average molecular weight is 270 g/mol. The van der Waals surface area contributed by atoms with Crippen LogP contribution in [0.15, 0.2) is 0 Å². The van der Waals surface area contributed by atoms with Crippen LogP contribution in [0.3, 0.4) is 0 Å². The van der Waals surface area contributed by atoms with E-state index in [4.69, 9.17) is 5.11 Å². The first-order valence-electron chi connectivity index (χ1n) is 6.33. The van der Waals surface area contributed by atoms with Gasteiger partial charge in [0.1, 0.15) is 0 Å². The Morgan fingerprint density at radius 2 is 1.72 bits per heavy atom. The fourth-order valence-corrected chi connectivity index (χ4v) is 1.77. The van der Waals surface area contributed by atoms with Crippen LogP contribution in [0.25, 0.3) is 0 Å². The van der Waals surface area contributed by atoms with Crippen molar-refractivity contribution < 1.29 is 18.3 Å². The second kappa shape index (κ2) is 7.96. The summed E-state index contributed by atoms with van der Waals surface area (Å²) >= 11 is 0. The predicted octanol–water partition coefficient (Wildman–Crippen LogP) is 2.01. The highest BCUT2D eigenvalue weighted by molar-refractivity contribution is 4.73. The van der Waals surface area contributed by atoms with E-state index in [-0.39, 0.29) is 24.7 Å². The molecule has 0 aromatic heterocycles. The second-order valence-electron chi connectivity index (χ2n) is 5.17. The molecule has 1 atom stereocenters. The van der Waals surface area contributed by atoms with Crippen molar-refractivity contribution in [1.82, 2.24) is 10.2 Å². The van der Waals surface area contributed by atoms with Gasteiger partial charge in [0.2, 0.25) is 0 Å². The molecule has 6 heteroatoms. The Labute approximate surface area is 107 Å². The van der Waals surface area contributed by atoms with Crippen LogP contribution >= 0.6 is 0 Å². The Hall–Kier alpha value is -0.330. The fourth-order valence-electron chi connectivity index (χ4n) is 1.77. The van der Waals surface area contributed by atoms with Gasteiger partial charge in [-0.2, -0.15) is 13.2 Å². The van der Waals surface area contributed by atoms with Crippen molar-refractivity contribution in [1.29, 1.82) is 0 Å². The van der Waals surface area contributed by atoms with E-state index in [1.54, 1.807) is 13.8 Å². The van der Waals surface area contributed by atoms with E-state index in [9.17, 15) is 13.2 Å². The molecule has 0 radical (unpaired) electrons. The number of halogens is 3. The van der Waals surface area contributed by atoms with E-state index >= 15 is 0 Å². The number of nitrogens with one attached hydrogen (secondary N) is 1. The summed E-state index contributed by atoms with van der Waals surface area (Å²) in [7, 11) is 0. The average Bonchev–Trinajstić information content (AvgIpc) is 2.19. The van der Waals surface area contributed by atoms with Gasteiger partial charge in [-0.15, -0.1) is 0 Å². The van der Waals surface area contributed by atoms with Crippen LogP contribution in [0.1, 0.15) is 34.1 Å². The minimum Gasteiger partial charge on any atom is -0.395 e. The summed E-state index contributed by atoms with van der Waals surface area (Å²) in [6, 6.07) is -0.109. The predicted molar refractivity (Wildman–Crippen MR) is 66.5 cm³/mol. The van der Waals surface area contributed by atoms with E-state index in [0.717, 1.165) is 0 Å². The lowest BCUT2D eigenvalue weighted by Crippen LogP contribution is -2.44. The van der Waals surface area contributed by atoms with Gasteiger partial charge in [-0.05, 0) is 20.3 Å². The van der Waals surface area contributed by atoms with E-state index in [0.29, 0.717) is 13.0 Å². The number of aliphatic hydroxyl groups is 1. The Kier molecular flexibility index (Phi) is 7.82. The van der Waals surface area contributed by atoms with Gasteiger partial charge in [0.05, 0.1) is 13.2 Å². The molecule has 2 N–H and O–H groups in total. The first kappa shape index (κ1) is 17.7. The third-order valence-electron chi connectivity index (χ3n) is 2.67. The fraction of sp³-hybridized carbons (Fsp3) is 1.00. The Bertz CT molecular complexity index is 220. The zero-order valence-electron chi connectivity index (χ0n) is 11.6. The molecule has 0 aromatic rings. The second-order valence-corrected chi connectivity index (χ2v) is 5.17. The first-order valence-corrected chi connectivity index (χ1v) is 6.33. The SMILES string of the molecule is CC(C)NC(CO)CCN(CC(F)(F)F)C(C)C. The lowest BCUT2D eigenvalue weighted by molar-refractivity contribution is -0.149. The molecule has 0 aromatic carbocycles. The van der Waals surface area contributed by atoms with Crippen LogP contribution in [0.4, 0.5) is 13.2 Å². The summed E-state index contributed by atoms with van der Waals surface area (Å²) in [6.45, 7) is 6.74. The molecule has 1 unspecified atom stereocenters. The summed E-state index contributed by atoms with van der Waals surface area (Å²) in [5.41, 5.74) is 0. The standard InChI is InChI=1S/C12H25F3N2O/c1-9(2)16-11(7-18)5-6-17(10(3)4)8-12(13,14)15/h9-11,16,18H,5-8H2,1-4H3. The number of hydrogen-bond donors (Lipinski definition) is 2. The van der Waals surface area contributed by atoms with Crippen molar-refractivity contribution in [3.05, 3.63) is 0 Å². The van der Waals surface area contributed by atoms with Gasteiger partial charge in [0.25, 0.3) is 0 Å². The van der Waals surface area contributed by atoms with Gasteiger partial charge < -0.3 is 10.4 Å². The van der Waals surface area contributed by atoms with Gasteiger partial charge >= 0.3 is 6.18 Å². The van der Waals surface area contributed by atoms with Crippen molar-refractivity contribution in [3.8, 4) is 0 Å². The zero-order chi connectivity index (χ0) is 14.3. The summed E-state index contributed by atoms with van der Waals surface area (Å²) in [4.78, 5) is 1.38. The topological polar surface area (TPSA) is 35.5 Å². The quantitative estimate of drug-likeness (QED) is 0.708. The van der Waals surface area contributed by atoms with E-state index in [2.05, 4.69) is 5.32 Å². The van der Waals surface area contributed by atoms with E-state index in [1.807, 2.05) is 13.8 Å². The number of nitrogens with zero attached hydrogens (tertiary/aromatic N) is 1. The number of rotatable bonds is 8. The summed E-state index contributed by atoms with van der Waals surface area (Å²) < 4.78 is 37.1. The highest BCUT2D eigenvalue weighted by Crippen LogP contribution is 2.18. The van der Waals surface area contributed by atoms with Crippen LogP contribution < -0.4 is 5.32 Å². The smallest absolute Gasteiger partial charge is 0.395 e. The molecule has 18 heavy (non-hydrogen) atoms. The third-order valence-corrected chi connectivity index (χ3v) is 2.67. The van der Waals surface area contributed by atoms with Gasteiger partial charge in [0, 0.05) is 24.7 Å². The molecule has 0 fully saturated rings. The molecule has 0 bridgehead atoms. The summed E-state index contributed by atoms with van der Waals surface area (Å²) in [5, 5.41) is 12.3. The van der Waals surface area contributed by atoms with Crippen LogP contribution in [0, 0.1) is 0 Å². The molecule has 3 nitrogen and oxygen atoms in total. The number of hydrogen-bond acceptors (Lipinski definition) is 3. The molecule has 0 saturated heterocycles. The maximum Gasteiger partial charge on any atom is 0.401 e. The molecule has 110 valence electrons. The first-order chi connectivity index (χ1) is 8.15. The monoisotopic (exact) mass is 270 g/mol. The van der Waals surface area contributed by atoms with Gasteiger partial charge in [0.15, 0.2) is 0 Å². The Morgan fingerprint density at radius 3 is 2.06 bits per heavy atom. The van der Waals surface area contributed by atoms with Crippen molar-refractivity contribution in [2.75, 3.05) is 19.7 Å². The van der Waals surface area contributed by atoms with Crippen LogP contribution in [-0.2, 0) is 0 Å². The lowest BCUT2D eigenvalue weighted by atomic mass is 10.1. The molecule has 0 aliphatic heterocycles. The Morgan fingerprint density at radius 1 is 1.17 bits per heavy atom. The van der Waals surface area contributed by atoms with Gasteiger partial charge in [-0.3, -0.25) is 4.90 Å². The van der Waals surface area contributed by atoms with Gasteiger partial charge in [-0.25, -0.2) is 0 Å². The van der Waals surface area contributed by atoms with Crippen molar-refractivity contribution >= 4 is 0 Å². The number of alkyl halides is 3. The Balaban J connectivity index is 4.25. The molecular weight excluding hydrogens is 245 g/mol. The zero-order valence-corrected chi connectivity index (χ0v) is 11.6. The largest absolute Gasteiger partial charge is 0.401 e. The molecule has 0 heterocycles. The molecule has 0 spiro atoms. The van der Waals surface area contributed by atoms with Crippen LogP contribution in [0.5, 0.6) is 0 Å². The van der Waals surface area contributed by atoms with Crippen LogP contribution in [0.2, 0.25) is 0 Å². The van der Waals surface area contributed by atoms with Crippen molar-refractivity contribution in [2.45, 2.75) is 58.4 Å². The third kappa shape index (κ3) is 8.72. The van der Waals surface area contributed by atoms with E-state index in [1.165, 1.54) is 4.90 Å². The maximum atomic E-state index is 12.4. The molecule has 0 aliphatic rings. The number of aliphatic hydroxyl groups excluding tert-OH is 1. The molecule has 0 amide bonds. The van der Waals surface area contributed by atoms with Crippen LogP contribution in [-0.4, -0.2) is 54.0 Å². The van der Waals surface area contributed by atoms with Crippen molar-refractivity contribution in [3.63, 3.8) is 0 Å². The summed E-state index contributed by atoms with van der Waals surface area (Å²) in [5.74, 6) is 0. The highest BCUT2D eigenvalue weighted by atomic mass is 19.4. The highest BCUT2D eigenvalue weighted by Gasteiger charge is 2.31. The van der Waals surface area contributed by atoms with Crippen molar-refractivity contribution in [2.24, 2.45) is 0 Å². The molecule has 0 aliphatic carbocycles. The normalized spacial score (nSPS) is 14.8. The molecular formula is C12H25F3N2O. The maximum absolute atomic E-state index is 12.4.